The zero-order chi connectivity index (χ0) is 25.1. The molecule has 2 aliphatic heterocycles. The number of thioether (sulfide) groups is 1. The summed E-state index contributed by atoms with van der Waals surface area (Å²) in [5, 5.41) is 0.621. The number of rotatable bonds is 7. The van der Waals surface area contributed by atoms with E-state index in [2.05, 4.69) is 17.0 Å². The molecule has 0 radical (unpaired) electrons. The van der Waals surface area contributed by atoms with Crippen molar-refractivity contribution in [2.45, 2.75) is 11.8 Å². The first-order valence-electron chi connectivity index (χ1n) is 11.9. The minimum absolute atomic E-state index is 0.297. The molecule has 0 bridgehead atoms. The van der Waals surface area contributed by atoms with Crippen LogP contribution in [0.3, 0.4) is 0 Å². The van der Waals surface area contributed by atoms with Crippen LogP contribution >= 0.6 is 23.4 Å². The van der Waals surface area contributed by atoms with E-state index in [0.717, 1.165) is 23.7 Å². The lowest BCUT2D eigenvalue weighted by molar-refractivity contribution is -0.121. The van der Waals surface area contributed by atoms with Crippen LogP contribution in [0, 0.1) is 0 Å². The first-order chi connectivity index (χ1) is 17.5. The van der Waals surface area contributed by atoms with E-state index in [1.165, 1.54) is 16.7 Å². The predicted molar refractivity (Wildman–Crippen MR) is 145 cm³/mol. The van der Waals surface area contributed by atoms with Gasteiger partial charge in [0.1, 0.15) is 16.4 Å². The molecule has 5 rings (SSSR count). The van der Waals surface area contributed by atoms with Crippen LogP contribution in [0.2, 0.25) is 5.02 Å². The maximum Gasteiger partial charge on any atom is 0.283 e. The van der Waals surface area contributed by atoms with Gasteiger partial charge in [-0.15, -0.1) is 0 Å². The van der Waals surface area contributed by atoms with Gasteiger partial charge in [0.15, 0.2) is 0 Å². The monoisotopic (exact) mass is 519 g/mol. The Hall–Kier alpha value is -3.42. The third kappa shape index (κ3) is 4.94. The number of amides is 2. The van der Waals surface area contributed by atoms with E-state index in [1.54, 1.807) is 36.4 Å². The van der Waals surface area contributed by atoms with Gasteiger partial charge in [0, 0.05) is 41.8 Å². The average molecular weight is 520 g/mol. The van der Waals surface area contributed by atoms with Gasteiger partial charge in [0.05, 0.1) is 12.3 Å². The Bertz CT molecular complexity index is 1270. The summed E-state index contributed by atoms with van der Waals surface area (Å²) >= 11 is 7.37. The zero-order valence-corrected chi connectivity index (χ0v) is 21.5. The molecule has 0 aliphatic carbocycles. The topological polar surface area (TPSA) is 53.1 Å². The molecule has 0 saturated carbocycles. The van der Waals surface area contributed by atoms with Gasteiger partial charge in [-0.2, -0.15) is 0 Å². The Balaban J connectivity index is 1.44. The van der Waals surface area contributed by atoms with Crippen LogP contribution in [-0.2, 0) is 9.59 Å². The number of carbonyl (C=O) groups is 2. The van der Waals surface area contributed by atoms with Crippen molar-refractivity contribution in [1.29, 1.82) is 0 Å². The van der Waals surface area contributed by atoms with Crippen molar-refractivity contribution >= 4 is 46.6 Å². The number of piperazine rings is 1. The van der Waals surface area contributed by atoms with Crippen molar-refractivity contribution in [3.63, 3.8) is 0 Å². The van der Waals surface area contributed by atoms with Crippen LogP contribution in [0.4, 0.5) is 11.4 Å². The Labute approximate surface area is 220 Å². The molecule has 0 unspecified atom stereocenters. The number of carbonyl (C=O) groups excluding carboxylic acids is 2. The molecule has 3 aromatic rings. The summed E-state index contributed by atoms with van der Waals surface area (Å²) in [4.78, 5) is 34.3. The molecule has 2 aliphatic rings. The van der Waals surface area contributed by atoms with Crippen LogP contribution in [0.25, 0.3) is 0 Å². The van der Waals surface area contributed by atoms with Gasteiger partial charge in [0.2, 0.25) is 0 Å². The van der Waals surface area contributed by atoms with Crippen molar-refractivity contribution in [2.75, 3.05) is 42.6 Å². The van der Waals surface area contributed by atoms with Crippen molar-refractivity contribution in [3.8, 4) is 5.75 Å². The van der Waals surface area contributed by atoms with E-state index in [1.807, 2.05) is 42.2 Å². The summed E-state index contributed by atoms with van der Waals surface area (Å²) in [6.07, 6.45) is 0. The molecule has 184 valence electrons. The van der Waals surface area contributed by atoms with Gasteiger partial charge in [-0.3, -0.25) is 9.59 Å². The highest BCUT2D eigenvalue weighted by Crippen LogP contribution is 2.39. The molecule has 2 heterocycles. The van der Waals surface area contributed by atoms with Crippen molar-refractivity contribution in [1.82, 2.24) is 4.90 Å². The summed E-state index contributed by atoms with van der Waals surface area (Å²) < 4.78 is 5.52. The number of halogens is 1. The van der Waals surface area contributed by atoms with Gasteiger partial charge in [-0.1, -0.05) is 41.6 Å². The smallest absolute Gasteiger partial charge is 0.283 e. The Morgan fingerprint density at radius 1 is 0.778 bits per heavy atom. The molecular formula is C28H26ClN3O3S. The molecule has 1 fully saturated rings. The van der Waals surface area contributed by atoms with Gasteiger partial charge in [0.25, 0.3) is 11.8 Å². The molecule has 0 N–H and O–H groups in total. The number of hydrogen-bond donors (Lipinski definition) is 0. The SMILES string of the molecule is CCOc1ccc(N2C(=O)C(Sc3ccc(Cl)cc3)=C(N3CCN(c4ccccc4)CC3)C2=O)cc1. The Kier molecular flexibility index (Phi) is 7.20. The van der Waals surface area contributed by atoms with E-state index >= 15 is 0 Å². The number of benzene rings is 3. The molecule has 2 amide bonds. The summed E-state index contributed by atoms with van der Waals surface area (Å²) in [6, 6.07) is 24.6. The number of para-hydroxylation sites is 1. The largest absolute Gasteiger partial charge is 0.494 e. The summed E-state index contributed by atoms with van der Waals surface area (Å²) in [7, 11) is 0. The zero-order valence-electron chi connectivity index (χ0n) is 19.9. The molecule has 1 saturated heterocycles. The summed E-state index contributed by atoms with van der Waals surface area (Å²) in [6.45, 7) is 5.27. The minimum atomic E-state index is -0.315. The first-order valence-corrected chi connectivity index (χ1v) is 13.1. The number of nitrogens with zero attached hydrogens (tertiary/aromatic N) is 3. The average Bonchev–Trinajstić information content (AvgIpc) is 3.15. The van der Waals surface area contributed by atoms with Crippen LogP contribution in [-0.4, -0.2) is 49.5 Å². The normalized spacial score (nSPS) is 16.2. The highest BCUT2D eigenvalue weighted by Gasteiger charge is 2.43. The van der Waals surface area contributed by atoms with Gasteiger partial charge in [-0.05, 0) is 67.6 Å². The molecule has 0 spiro atoms. The second-order valence-electron chi connectivity index (χ2n) is 8.42. The fourth-order valence-electron chi connectivity index (χ4n) is 4.41. The highest BCUT2D eigenvalue weighted by atomic mass is 35.5. The van der Waals surface area contributed by atoms with Crippen molar-refractivity contribution in [3.05, 3.63) is 94.5 Å². The number of ether oxygens (including phenoxy) is 1. The lowest BCUT2D eigenvalue weighted by atomic mass is 10.2. The fourth-order valence-corrected chi connectivity index (χ4v) is 5.53. The lowest BCUT2D eigenvalue weighted by Gasteiger charge is -2.37. The quantitative estimate of drug-likeness (QED) is 0.388. The number of hydrogen-bond acceptors (Lipinski definition) is 6. The molecule has 0 atom stereocenters. The Morgan fingerprint density at radius 2 is 1.42 bits per heavy atom. The first kappa shape index (κ1) is 24.3. The standard InChI is InChI=1S/C28H26ClN3O3S/c1-2-35-23-12-10-22(11-13-23)32-27(33)25(26(28(32)34)36-24-14-8-20(29)9-15-24)31-18-16-30(17-19-31)21-6-4-3-5-7-21/h3-15H,2,16-19H2,1H3. The minimum Gasteiger partial charge on any atom is -0.494 e. The van der Waals surface area contributed by atoms with Crippen LogP contribution in [0.1, 0.15) is 6.92 Å². The van der Waals surface area contributed by atoms with Gasteiger partial charge >= 0.3 is 0 Å². The van der Waals surface area contributed by atoms with Crippen LogP contribution in [0.5, 0.6) is 5.75 Å². The number of imide groups is 1. The summed E-state index contributed by atoms with van der Waals surface area (Å²) in [5.41, 5.74) is 2.15. The van der Waals surface area contributed by atoms with E-state index < -0.39 is 0 Å². The molecule has 6 nitrogen and oxygen atoms in total. The fraction of sp³-hybridized carbons (Fsp3) is 0.214. The lowest BCUT2D eigenvalue weighted by Crippen LogP contribution is -2.47. The maximum atomic E-state index is 13.8. The third-order valence-corrected chi connectivity index (χ3v) is 7.51. The van der Waals surface area contributed by atoms with Crippen molar-refractivity contribution in [2.24, 2.45) is 0 Å². The molecule has 36 heavy (non-hydrogen) atoms. The van der Waals surface area contributed by atoms with E-state index in [4.69, 9.17) is 16.3 Å². The second kappa shape index (κ2) is 10.7. The molecule has 8 heteroatoms. The predicted octanol–water partition coefficient (Wildman–Crippen LogP) is 5.44. The summed E-state index contributed by atoms with van der Waals surface area (Å²) in [5.74, 6) is 0.0831. The van der Waals surface area contributed by atoms with E-state index in [0.29, 0.717) is 46.8 Å². The molecule has 0 aromatic heterocycles. The second-order valence-corrected chi connectivity index (χ2v) is 9.94. The van der Waals surface area contributed by atoms with E-state index in [9.17, 15) is 9.59 Å². The van der Waals surface area contributed by atoms with E-state index in [-0.39, 0.29) is 11.8 Å². The van der Waals surface area contributed by atoms with Gasteiger partial charge < -0.3 is 14.5 Å². The van der Waals surface area contributed by atoms with Crippen LogP contribution < -0.4 is 14.5 Å². The van der Waals surface area contributed by atoms with Crippen molar-refractivity contribution < 1.29 is 14.3 Å². The molecule has 3 aromatic carbocycles. The maximum absolute atomic E-state index is 13.8. The Morgan fingerprint density at radius 3 is 2.06 bits per heavy atom. The number of anilines is 2. The van der Waals surface area contributed by atoms with Crippen LogP contribution in [0.15, 0.2) is 94.4 Å². The highest BCUT2D eigenvalue weighted by molar-refractivity contribution is 8.04. The third-order valence-electron chi connectivity index (χ3n) is 6.17. The molecular weight excluding hydrogens is 494 g/mol. The van der Waals surface area contributed by atoms with Gasteiger partial charge in [-0.25, -0.2) is 4.90 Å².